The zero-order valence-corrected chi connectivity index (χ0v) is 13.8. The first-order valence-corrected chi connectivity index (χ1v) is 7.97. The molecule has 124 valence electrons. The summed E-state index contributed by atoms with van der Waals surface area (Å²) >= 11 is 6.06. The summed E-state index contributed by atoms with van der Waals surface area (Å²) < 4.78 is 5.74. The van der Waals surface area contributed by atoms with Gasteiger partial charge in [0.15, 0.2) is 6.10 Å². The zero-order chi connectivity index (χ0) is 17.3. The lowest BCUT2D eigenvalue weighted by atomic mass is 10.1. The van der Waals surface area contributed by atoms with E-state index in [4.69, 9.17) is 21.4 Å². The summed E-state index contributed by atoms with van der Waals surface area (Å²) in [5.74, 6) is -0.491. The fraction of sp³-hybridized carbons (Fsp3) is 0.222. The molecular weight excluding hydrogens is 330 g/mol. The van der Waals surface area contributed by atoms with Crippen molar-refractivity contribution in [1.82, 2.24) is 0 Å². The highest BCUT2D eigenvalue weighted by Gasteiger charge is 2.33. The first kappa shape index (κ1) is 16.3. The van der Waals surface area contributed by atoms with Crippen LogP contribution in [0.5, 0.6) is 5.75 Å². The number of hydrogen-bond acceptors (Lipinski definition) is 3. The maximum atomic E-state index is 12.7. The van der Waals surface area contributed by atoms with Crippen molar-refractivity contribution in [1.29, 1.82) is 0 Å². The molecule has 5 nitrogen and oxygen atoms in total. The van der Waals surface area contributed by atoms with Crippen molar-refractivity contribution in [3.63, 3.8) is 0 Å². The largest absolute Gasteiger partial charge is 0.478 e. The number of carbonyl (C=O) groups is 2. The van der Waals surface area contributed by atoms with Gasteiger partial charge in [-0.15, -0.1) is 0 Å². The van der Waals surface area contributed by atoms with Crippen LogP contribution in [0.1, 0.15) is 29.3 Å². The second-order valence-corrected chi connectivity index (χ2v) is 5.99. The van der Waals surface area contributed by atoms with Crippen LogP contribution in [0.4, 0.5) is 5.69 Å². The minimum atomic E-state index is -0.979. The molecule has 1 atom stereocenters. The quantitative estimate of drug-likeness (QED) is 0.916. The Hall–Kier alpha value is -2.53. The minimum Gasteiger partial charge on any atom is -0.478 e. The molecule has 1 amide bonds. The smallest absolute Gasteiger partial charge is 0.335 e. The number of rotatable bonds is 4. The lowest BCUT2D eigenvalue weighted by Gasteiger charge is -2.34. The molecule has 2 aromatic carbocycles. The normalized spacial score (nSPS) is 16.5. The molecule has 0 aromatic heterocycles. The van der Waals surface area contributed by atoms with Crippen molar-refractivity contribution < 1.29 is 19.4 Å². The maximum absolute atomic E-state index is 12.7. The molecule has 6 heteroatoms. The first-order valence-electron chi connectivity index (χ1n) is 7.59. The van der Waals surface area contributed by atoms with Gasteiger partial charge >= 0.3 is 5.97 Å². The molecule has 24 heavy (non-hydrogen) atoms. The highest BCUT2D eigenvalue weighted by molar-refractivity contribution is 6.31. The van der Waals surface area contributed by atoms with E-state index in [2.05, 4.69) is 0 Å². The minimum absolute atomic E-state index is 0.130. The third-order valence-electron chi connectivity index (χ3n) is 3.93. The molecule has 1 N–H and O–H groups in total. The number of ether oxygens (including phenoxy) is 1. The number of nitrogens with zero attached hydrogens (tertiary/aromatic N) is 1. The Morgan fingerprint density at radius 2 is 1.96 bits per heavy atom. The monoisotopic (exact) mass is 345 g/mol. The van der Waals surface area contributed by atoms with Crippen LogP contribution in [0.15, 0.2) is 42.5 Å². The predicted octanol–water partition coefficient (Wildman–Crippen LogP) is 3.74. The van der Waals surface area contributed by atoms with E-state index in [9.17, 15) is 9.59 Å². The topological polar surface area (TPSA) is 66.8 Å². The van der Waals surface area contributed by atoms with Crippen LogP contribution < -0.4 is 9.64 Å². The SMILES string of the molecule is CCC1Oc2ccc(Cl)cc2N(Cc2ccc(C(=O)O)cc2)C1=O. The number of carboxylic acid groups (broad SMARTS) is 1. The van der Waals surface area contributed by atoms with E-state index in [1.165, 1.54) is 12.1 Å². The third-order valence-corrected chi connectivity index (χ3v) is 4.17. The highest BCUT2D eigenvalue weighted by atomic mass is 35.5. The van der Waals surface area contributed by atoms with E-state index >= 15 is 0 Å². The van der Waals surface area contributed by atoms with Gasteiger partial charge in [0.2, 0.25) is 0 Å². The molecular formula is C18H16ClNO4. The lowest BCUT2D eigenvalue weighted by molar-refractivity contribution is -0.126. The number of hydrogen-bond donors (Lipinski definition) is 1. The Morgan fingerprint density at radius 3 is 2.58 bits per heavy atom. The van der Waals surface area contributed by atoms with Crippen LogP contribution in [-0.4, -0.2) is 23.1 Å². The highest BCUT2D eigenvalue weighted by Crippen LogP contribution is 2.37. The number of amides is 1. The Labute approximate surface area is 144 Å². The lowest BCUT2D eigenvalue weighted by Crippen LogP contribution is -2.45. The summed E-state index contributed by atoms with van der Waals surface area (Å²) in [5.41, 5.74) is 1.66. The number of benzene rings is 2. The van der Waals surface area contributed by atoms with E-state index < -0.39 is 12.1 Å². The number of halogens is 1. The van der Waals surface area contributed by atoms with Crippen molar-refractivity contribution >= 4 is 29.2 Å². The zero-order valence-electron chi connectivity index (χ0n) is 13.0. The van der Waals surface area contributed by atoms with Gasteiger partial charge in [0.05, 0.1) is 17.8 Å². The molecule has 0 radical (unpaired) electrons. The van der Waals surface area contributed by atoms with Gasteiger partial charge in [0.1, 0.15) is 5.75 Å². The van der Waals surface area contributed by atoms with E-state index in [-0.39, 0.29) is 11.5 Å². The van der Waals surface area contributed by atoms with E-state index in [0.717, 1.165) is 5.56 Å². The van der Waals surface area contributed by atoms with Gasteiger partial charge in [0, 0.05) is 5.02 Å². The van der Waals surface area contributed by atoms with E-state index in [1.54, 1.807) is 35.2 Å². The van der Waals surface area contributed by atoms with Crippen molar-refractivity contribution in [3.8, 4) is 5.75 Å². The van der Waals surface area contributed by atoms with Crippen LogP contribution in [-0.2, 0) is 11.3 Å². The molecule has 1 aliphatic heterocycles. The van der Waals surface area contributed by atoms with Crippen molar-refractivity contribution in [2.75, 3.05) is 4.90 Å². The molecule has 0 bridgehead atoms. The van der Waals surface area contributed by atoms with Crippen molar-refractivity contribution in [2.45, 2.75) is 26.0 Å². The van der Waals surface area contributed by atoms with E-state index in [0.29, 0.717) is 29.4 Å². The van der Waals surface area contributed by atoms with Crippen LogP contribution in [0.3, 0.4) is 0 Å². The van der Waals surface area contributed by atoms with E-state index in [1.807, 2.05) is 6.92 Å². The van der Waals surface area contributed by atoms with Crippen LogP contribution >= 0.6 is 11.6 Å². The Bertz CT molecular complexity index is 788. The summed E-state index contributed by atoms with van der Waals surface area (Å²) in [5, 5.41) is 9.49. The average molecular weight is 346 g/mol. The number of carboxylic acids is 1. The fourth-order valence-electron chi connectivity index (χ4n) is 2.65. The molecule has 0 aliphatic carbocycles. The van der Waals surface area contributed by atoms with Gasteiger partial charge in [-0.05, 0) is 42.3 Å². The van der Waals surface area contributed by atoms with Gasteiger partial charge in [0.25, 0.3) is 5.91 Å². The summed E-state index contributed by atoms with van der Waals surface area (Å²) in [7, 11) is 0. The third kappa shape index (κ3) is 3.08. The molecule has 1 unspecified atom stereocenters. The predicted molar refractivity (Wildman–Crippen MR) is 90.8 cm³/mol. The molecule has 1 heterocycles. The second-order valence-electron chi connectivity index (χ2n) is 5.55. The molecule has 0 saturated heterocycles. The number of carbonyl (C=O) groups excluding carboxylic acids is 1. The number of fused-ring (bicyclic) bond motifs is 1. The molecule has 0 spiro atoms. The first-order chi connectivity index (χ1) is 11.5. The Morgan fingerprint density at radius 1 is 1.25 bits per heavy atom. The maximum Gasteiger partial charge on any atom is 0.335 e. The van der Waals surface area contributed by atoms with Gasteiger partial charge in [-0.2, -0.15) is 0 Å². The Kier molecular flexibility index (Phi) is 4.44. The van der Waals surface area contributed by atoms with Crippen LogP contribution in [0, 0.1) is 0 Å². The second kappa shape index (κ2) is 6.53. The Balaban J connectivity index is 1.94. The van der Waals surface area contributed by atoms with Crippen LogP contribution in [0.25, 0.3) is 0 Å². The molecule has 2 aromatic rings. The average Bonchev–Trinajstić information content (AvgIpc) is 2.58. The number of anilines is 1. The summed E-state index contributed by atoms with van der Waals surface area (Å²) in [6, 6.07) is 11.6. The van der Waals surface area contributed by atoms with Crippen molar-refractivity contribution in [2.24, 2.45) is 0 Å². The standard InChI is InChI=1S/C18H16ClNO4/c1-2-15-17(21)20(14-9-13(19)7-8-16(14)24-15)10-11-3-5-12(6-4-11)18(22)23/h3-9,15H,2,10H2,1H3,(H,22,23). The van der Waals surface area contributed by atoms with Crippen molar-refractivity contribution in [3.05, 3.63) is 58.6 Å². The molecule has 1 aliphatic rings. The van der Waals surface area contributed by atoms with Gasteiger partial charge in [-0.1, -0.05) is 30.7 Å². The van der Waals surface area contributed by atoms with Gasteiger partial charge in [-0.3, -0.25) is 4.79 Å². The summed E-state index contributed by atoms with van der Waals surface area (Å²) in [6.07, 6.45) is 0.0342. The fourth-order valence-corrected chi connectivity index (χ4v) is 2.82. The number of aromatic carboxylic acids is 1. The molecule has 0 fully saturated rings. The summed E-state index contributed by atoms with van der Waals surface area (Å²) in [6.45, 7) is 2.22. The van der Waals surface area contributed by atoms with Gasteiger partial charge in [-0.25, -0.2) is 4.79 Å². The molecule has 0 saturated carbocycles. The summed E-state index contributed by atoms with van der Waals surface area (Å²) in [4.78, 5) is 25.2. The molecule has 3 rings (SSSR count). The van der Waals surface area contributed by atoms with Gasteiger partial charge < -0.3 is 14.7 Å². The van der Waals surface area contributed by atoms with Crippen LogP contribution in [0.2, 0.25) is 5.02 Å².